The van der Waals surface area contributed by atoms with Gasteiger partial charge in [-0.15, -0.1) is 0 Å². The fourth-order valence-corrected chi connectivity index (χ4v) is 3.90. The number of aliphatic hydroxyl groups is 2. The Morgan fingerprint density at radius 3 is 2.62 bits per heavy atom. The molecule has 4 atom stereocenters. The van der Waals surface area contributed by atoms with E-state index in [0.717, 1.165) is 23.4 Å². The summed E-state index contributed by atoms with van der Waals surface area (Å²) < 4.78 is 0. The summed E-state index contributed by atoms with van der Waals surface area (Å²) in [6, 6.07) is 6.73. The second-order valence-electron chi connectivity index (χ2n) is 7.90. The Kier molecular flexibility index (Phi) is 6.17. The number of rotatable bonds is 6. The van der Waals surface area contributed by atoms with Crippen LogP contribution in [0.4, 0.5) is 5.69 Å². The molecule has 0 bridgehead atoms. The Morgan fingerprint density at radius 2 is 1.97 bits per heavy atom. The van der Waals surface area contributed by atoms with Crippen molar-refractivity contribution >= 4 is 17.5 Å². The van der Waals surface area contributed by atoms with Gasteiger partial charge in [0.1, 0.15) is 6.33 Å². The molecular weight excluding hydrogens is 412 g/mol. The fourth-order valence-electron chi connectivity index (χ4n) is 3.90. The van der Waals surface area contributed by atoms with Crippen molar-refractivity contribution in [1.82, 2.24) is 25.6 Å². The topological polar surface area (TPSA) is 131 Å². The van der Waals surface area contributed by atoms with E-state index < -0.39 is 30.1 Å². The van der Waals surface area contributed by atoms with Crippen LogP contribution in [0.3, 0.4) is 0 Å². The number of carbonyl (C=O) groups is 2. The predicted molar refractivity (Wildman–Crippen MR) is 116 cm³/mol. The van der Waals surface area contributed by atoms with Gasteiger partial charge in [-0.1, -0.05) is 18.2 Å². The lowest BCUT2D eigenvalue weighted by atomic mass is 10.1. The van der Waals surface area contributed by atoms with Crippen LogP contribution in [-0.2, 0) is 16.1 Å². The van der Waals surface area contributed by atoms with Crippen LogP contribution in [0.2, 0.25) is 0 Å². The molecule has 0 radical (unpaired) electrons. The second-order valence-corrected chi connectivity index (χ2v) is 7.90. The predicted octanol–water partition coefficient (Wildman–Crippen LogP) is 0.317. The van der Waals surface area contributed by atoms with Crippen LogP contribution in [0.1, 0.15) is 42.8 Å². The zero-order valence-electron chi connectivity index (χ0n) is 17.8. The monoisotopic (exact) mass is 438 g/mol. The highest BCUT2D eigenvalue weighted by molar-refractivity contribution is 5.91. The highest BCUT2D eigenvalue weighted by atomic mass is 16.3. The van der Waals surface area contributed by atoms with E-state index in [9.17, 15) is 19.8 Å². The van der Waals surface area contributed by atoms with Crippen molar-refractivity contribution in [2.24, 2.45) is 0 Å². The van der Waals surface area contributed by atoms with Crippen LogP contribution < -0.4 is 15.8 Å². The van der Waals surface area contributed by atoms with Crippen molar-refractivity contribution in [1.29, 1.82) is 0 Å². The summed E-state index contributed by atoms with van der Waals surface area (Å²) in [5.74, 6) is -1.56. The number of fused-ring (bicyclic) bond motifs is 1. The zero-order valence-corrected chi connectivity index (χ0v) is 17.8. The molecule has 2 amide bonds. The maximum Gasteiger partial charge on any atom is 0.255 e. The Labute approximate surface area is 185 Å². The number of hydrazine groups is 1. The SMILES string of the molecule is CC1c2ncncc2CN1C(=O)[C@H](O)[C@@H](O)C(=O)N[C@H](C)c1ccc(N2C=CCN2)cc1. The highest BCUT2D eigenvalue weighted by Gasteiger charge is 2.39. The van der Waals surface area contributed by atoms with Gasteiger partial charge < -0.3 is 20.4 Å². The first kappa shape index (κ1) is 21.9. The number of benzene rings is 1. The third-order valence-corrected chi connectivity index (χ3v) is 5.79. The minimum Gasteiger partial charge on any atom is -0.380 e. The summed E-state index contributed by atoms with van der Waals surface area (Å²) >= 11 is 0. The number of aromatic nitrogens is 2. The number of carbonyl (C=O) groups excluding carboxylic acids is 2. The summed E-state index contributed by atoms with van der Waals surface area (Å²) in [5, 5.41) is 25.3. The largest absolute Gasteiger partial charge is 0.380 e. The normalized spacial score (nSPS) is 20.1. The molecule has 10 nitrogen and oxygen atoms in total. The van der Waals surface area contributed by atoms with Gasteiger partial charge in [0.2, 0.25) is 0 Å². The Balaban J connectivity index is 1.35. The lowest BCUT2D eigenvalue weighted by Gasteiger charge is -2.27. The van der Waals surface area contributed by atoms with Gasteiger partial charge in [-0.3, -0.25) is 14.6 Å². The smallest absolute Gasteiger partial charge is 0.255 e. The van der Waals surface area contributed by atoms with Crippen molar-refractivity contribution in [2.45, 2.75) is 44.7 Å². The van der Waals surface area contributed by atoms with E-state index in [-0.39, 0.29) is 12.6 Å². The quantitative estimate of drug-likeness (QED) is 0.507. The standard InChI is InChI=1S/C22H26N6O4/c1-13(15-4-6-17(7-5-15)28-9-3-8-25-28)26-21(31)19(29)20(30)22(32)27-11-16-10-23-12-24-18(16)14(27)2/h3-7,9-10,12-14,19-20,25,29-30H,8,11H2,1-2H3,(H,26,31)/t13-,14?,19-,20-/m1/s1. The molecule has 4 rings (SSSR count). The Hall–Kier alpha value is -3.34. The van der Waals surface area contributed by atoms with Crippen LogP contribution in [0.5, 0.6) is 0 Å². The molecular formula is C22H26N6O4. The van der Waals surface area contributed by atoms with Crippen LogP contribution in [0.15, 0.2) is 49.1 Å². The number of aliphatic hydroxyl groups excluding tert-OH is 2. The molecule has 2 aromatic rings. The summed E-state index contributed by atoms with van der Waals surface area (Å²) in [7, 11) is 0. The van der Waals surface area contributed by atoms with E-state index in [2.05, 4.69) is 20.7 Å². The molecule has 4 N–H and O–H groups in total. The van der Waals surface area contributed by atoms with Gasteiger partial charge in [-0.25, -0.2) is 15.4 Å². The van der Waals surface area contributed by atoms with E-state index in [0.29, 0.717) is 5.69 Å². The maximum atomic E-state index is 12.8. The summed E-state index contributed by atoms with van der Waals surface area (Å²) in [6.07, 6.45) is 3.16. The molecule has 0 spiro atoms. The fraction of sp³-hybridized carbons (Fsp3) is 0.364. The second kappa shape index (κ2) is 9.03. The first-order valence-electron chi connectivity index (χ1n) is 10.4. The molecule has 0 fully saturated rings. The molecule has 3 heterocycles. The van der Waals surface area contributed by atoms with E-state index >= 15 is 0 Å². The zero-order chi connectivity index (χ0) is 22.8. The molecule has 1 aromatic heterocycles. The maximum absolute atomic E-state index is 12.8. The van der Waals surface area contributed by atoms with Gasteiger partial charge in [0, 0.05) is 31.0 Å². The summed E-state index contributed by atoms with van der Waals surface area (Å²) in [4.78, 5) is 34.8. The number of hydrogen-bond acceptors (Lipinski definition) is 8. The number of amides is 2. The average molecular weight is 438 g/mol. The Bertz CT molecular complexity index is 1030. The summed E-state index contributed by atoms with van der Waals surface area (Å²) in [5.41, 5.74) is 6.41. The molecule has 0 saturated carbocycles. The van der Waals surface area contributed by atoms with Crippen LogP contribution in [0, 0.1) is 0 Å². The van der Waals surface area contributed by atoms with E-state index in [1.165, 1.54) is 11.2 Å². The average Bonchev–Trinajstić information content (AvgIpc) is 3.46. The lowest BCUT2D eigenvalue weighted by molar-refractivity contribution is -0.155. The van der Waals surface area contributed by atoms with Crippen molar-refractivity contribution in [2.75, 3.05) is 11.6 Å². The van der Waals surface area contributed by atoms with Crippen molar-refractivity contribution in [3.8, 4) is 0 Å². The first-order valence-corrected chi connectivity index (χ1v) is 10.4. The van der Waals surface area contributed by atoms with E-state index in [4.69, 9.17) is 0 Å². The molecule has 168 valence electrons. The molecule has 2 aliphatic heterocycles. The van der Waals surface area contributed by atoms with Crippen LogP contribution in [-0.4, -0.2) is 55.6 Å². The van der Waals surface area contributed by atoms with E-state index in [1.54, 1.807) is 20.0 Å². The minimum absolute atomic E-state index is 0.214. The first-order chi connectivity index (χ1) is 15.4. The van der Waals surface area contributed by atoms with Crippen LogP contribution >= 0.6 is 0 Å². The van der Waals surface area contributed by atoms with Gasteiger partial charge in [-0.05, 0) is 31.5 Å². The molecule has 0 saturated heterocycles. The van der Waals surface area contributed by atoms with Gasteiger partial charge in [0.15, 0.2) is 12.2 Å². The van der Waals surface area contributed by atoms with Crippen molar-refractivity contribution < 1.29 is 19.8 Å². The molecule has 1 unspecified atom stereocenters. The van der Waals surface area contributed by atoms with Gasteiger partial charge in [0.05, 0.1) is 23.5 Å². The third kappa shape index (κ3) is 4.20. The number of anilines is 1. The number of hydrogen-bond donors (Lipinski definition) is 4. The third-order valence-electron chi connectivity index (χ3n) is 5.79. The van der Waals surface area contributed by atoms with Gasteiger partial charge >= 0.3 is 0 Å². The number of nitrogens with one attached hydrogen (secondary N) is 2. The van der Waals surface area contributed by atoms with Crippen LogP contribution in [0.25, 0.3) is 0 Å². The summed E-state index contributed by atoms with van der Waals surface area (Å²) in [6.45, 7) is 4.52. The number of nitrogens with zero attached hydrogens (tertiary/aromatic N) is 4. The van der Waals surface area contributed by atoms with Crippen molar-refractivity contribution in [3.05, 3.63) is 65.9 Å². The van der Waals surface area contributed by atoms with Gasteiger partial charge in [0.25, 0.3) is 11.8 Å². The lowest BCUT2D eigenvalue weighted by Crippen LogP contribution is -2.50. The molecule has 32 heavy (non-hydrogen) atoms. The van der Waals surface area contributed by atoms with Crippen molar-refractivity contribution in [3.63, 3.8) is 0 Å². The Morgan fingerprint density at radius 1 is 1.22 bits per heavy atom. The van der Waals surface area contributed by atoms with Gasteiger partial charge in [-0.2, -0.15) is 0 Å². The van der Waals surface area contributed by atoms with E-state index in [1.807, 2.05) is 41.6 Å². The molecule has 1 aromatic carbocycles. The molecule has 0 aliphatic carbocycles. The minimum atomic E-state index is -1.90. The highest BCUT2D eigenvalue weighted by Crippen LogP contribution is 2.31. The molecule has 2 aliphatic rings. The molecule has 10 heteroatoms.